The van der Waals surface area contributed by atoms with Crippen LogP contribution in [-0.4, -0.2) is 28.9 Å². The van der Waals surface area contributed by atoms with Crippen LogP contribution in [0.25, 0.3) is 100 Å². The molecule has 0 unspecified atom stereocenters. The van der Waals surface area contributed by atoms with Gasteiger partial charge in [0.15, 0.2) is 17.5 Å². The number of para-hydroxylation sites is 3. The second kappa shape index (κ2) is 12.1. The molecule has 0 aliphatic carbocycles. The fourth-order valence-electron chi connectivity index (χ4n) is 7.88. The average Bonchev–Trinajstić information content (AvgIpc) is 3.81. The van der Waals surface area contributed by atoms with E-state index in [1.807, 2.05) is 60.7 Å². The highest BCUT2D eigenvalue weighted by atomic mass is 15.1. The first-order valence-electron chi connectivity index (χ1n) is 18.1. The summed E-state index contributed by atoms with van der Waals surface area (Å²) in [5.74, 6) is 1.91. The smallest absolute Gasteiger partial charge is 0.164 e. The topological polar surface area (TPSA) is 60.9 Å². The molecule has 0 fully saturated rings. The van der Waals surface area contributed by atoms with Crippen LogP contribution in [0.3, 0.4) is 0 Å². The lowest BCUT2D eigenvalue weighted by atomic mass is 10.0. The fraction of sp³-hybridized carbons (Fsp3) is 0. The maximum absolute atomic E-state index is 5.19. The predicted molar refractivity (Wildman–Crippen MR) is 220 cm³/mol. The molecule has 0 spiro atoms. The molecule has 0 radical (unpaired) electrons. The molecule has 11 rings (SSSR count). The van der Waals surface area contributed by atoms with E-state index in [2.05, 4.69) is 130 Å². The highest BCUT2D eigenvalue weighted by molar-refractivity contribution is 6.24. The third-order valence-electron chi connectivity index (χ3n) is 10.3. The van der Waals surface area contributed by atoms with Gasteiger partial charge in [0, 0.05) is 38.5 Å². The summed E-state index contributed by atoms with van der Waals surface area (Å²) in [6.07, 6.45) is 0. The van der Waals surface area contributed by atoms with Gasteiger partial charge in [0.25, 0.3) is 0 Å². The fourth-order valence-corrected chi connectivity index (χ4v) is 7.88. The Balaban J connectivity index is 1.12. The Kier molecular flexibility index (Phi) is 6.75. The van der Waals surface area contributed by atoms with E-state index in [0.717, 1.165) is 66.7 Å². The molecule has 4 heterocycles. The van der Waals surface area contributed by atoms with Gasteiger partial charge in [-0.1, -0.05) is 146 Å². The zero-order valence-electron chi connectivity index (χ0n) is 29.0. The minimum Gasteiger partial charge on any atom is -0.295 e. The number of benzene rings is 7. The highest BCUT2D eigenvalue weighted by Gasteiger charge is 2.22. The minimum atomic E-state index is 0.629. The lowest BCUT2D eigenvalue weighted by molar-refractivity contribution is 1.07. The molecule has 252 valence electrons. The first kappa shape index (κ1) is 30.2. The molecule has 54 heavy (non-hydrogen) atoms. The average molecular weight is 691 g/mol. The molecule has 7 aromatic carbocycles. The molecule has 0 aliphatic heterocycles. The van der Waals surface area contributed by atoms with E-state index >= 15 is 0 Å². The van der Waals surface area contributed by atoms with Crippen molar-refractivity contribution in [3.05, 3.63) is 182 Å². The van der Waals surface area contributed by atoms with Gasteiger partial charge in [-0.25, -0.2) is 19.9 Å². The molecule has 0 atom stereocenters. The Hall–Kier alpha value is -7.44. The number of rotatable bonds is 5. The lowest BCUT2D eigenvalue weighted by Gasteiger charge is -2.13. The lowest BCUT2D eigenvalue weighted by Crippen LogP contribution is -2.00. The Morgan fingerprint density at radius 2 is 0.870 bits per heavy atom. The summed E-state index contributed by atoms with van der Waals surface area (Å²) in [7, 11) is 0. The van der Waals surface area contributed by atoms with Gasteiger partial charge in [-0.15, -0.1) is 0 Å². The Morgan fingerprint density at radius 3 is 1.59 bits per heavy atom. The molecule has 11 aromatic rings. The maximum atomic E-state index is 5.19. The zero-order chi connectivity index (χ0) is 35.6. The first-order chi connectivity index (χ1) is 26.8. The van der Waals surface area contributed by atoms with Crippen molar-refractivity contribution in [2.45, 2.75) is 0 Å². The van der Waals surface area contributed by atoms with Crippen LogP contribution in [0.5, 0.6) is 0 Å². The van der Waals surface area contributed by atoms with E-state index in [0.29, 0.717) is 17.5 Å². The van der Waals surface area contributed by atoms with Crippen LogP contribution in [0.4, 0.5) is 0 Å². The molecule has 4 aromatic heterocycles. The molecule has 6 nitrogen and oxygen atoms in total. The SMILES string of the molecule is c1ccc(-c2nc(-c3ccccc3)nc(-c3cccc(-c4cccc(-n5c6ccccc6c6c7ccccc7c7nc8ccccc8n7c65)c4)c3)n2)cc1. The summed E-state index contributed by atoms with van der Waals surface area (Å²) in [5, 5.41) is 4.74. The van der Waals surface area contributed by atoms with E-state index in [1.165, 1.54) is 16.2 Å². The van der Waals surface area contributed by atoms with Gasteiger partial charge in [-0.2, -0.15) is 0 Å². The Bertz CT molecular complexity index is 3160. The summed E-state index contributed by atoms with van der Waals surface area (Å²) < 4.78 is 4.74. The van der Waals surface area contributed by atoms with Crippen LogP contribution >= 0.6 is 0 Å². The first-order valence-corrected chi connectivity index (χ1v) is 18.1. The van der Waals surface area contributed by atoms with Crippen LogP contribution in [0.2, 0.25) is 0 Å². The quantitative estimate of drug-likeness (QED) is 0.180. The second-order valence-electron chi connectivity index (χ2n) is 13.5. The Morgan fingerprint density at radius 1 is 0.352 bits per heavy atom. The third-order valence-corrected chi connectivity index (χ3v) is 10.3. The van der Waals surface area contributed by atoms with Gasteiger partial charge in [-0.05, 0) is 52.9 Å². The normalized spacial score (nSPS) is 11.7. The third kappa shape index (κ3) is 4.74. The van der Waals surface area contributed by atoms with E-state index in [9.17, 15) is 0 Å². The molecular formula is C48H30N6. The van der Waals surface area contributed by atoms with Crippen molar-refractivity contribution in [3.8, 4) is 51.0 Å². The van der Waals surface area contributed by atoms with Crippen molar-refractivity contribution >= 4 is 49.4 Å². The monoisotopic (exact) mass is 690 g/mol. The minimum absolute atomic E-state index is 0.629. The van der Waals surface area contributed by atoms with Crippen molar-refractivity contribution in [1.82, 2.24) is 28.9 Å². The molecule has 0 saturated heterocycles. The maximum Gasteiger partial charge on any atom is 0.164 e. The molecule has 6 heteroatoms. The molecule has 0 aliphatic rings. The highest BCUT2D eigenvalue weighted by Crippen LogP contribution is 2.40. The van der Waals surface area contributed by atoms with E-state index in [-0.39, 0.29) is 0 Å². The number of pyridine rings is 1. The van der Waals surface area contributed by atoms with Gasteiger partial charge >= 0.3 is 0 Å². The number of aromatic nitrogens is 6. The van der Waals surface area contributed by atoms with Gasteiger partial charge in [-0.3, -0.25) is 8.97 Å². The van der Waals surface area contributed by atoms with Crippen molar-refractivity contribution in [1.29, 1.82) is 0 Å². The van der Waals surface area contributed by atoms with Gasteiger partial charge in [0.05, 0.1) is 16.6 Å². The summed E-state index contributed by atoms with van der Waals surface area (Å²) >= 11 is 0. The van der Waals surface area contributed by atoms with Gasteiger partial charge in [0.1, 0.15) is 11.3 Å². The van der Waals surface area contributed by atoms with Gasteiger partial charge in [0.2, 0.25) is 0 Å². The van der Waals surface area contributed by atoms with Crippen LogP contribution in [-0.2, 0) is 0 Å². The number of imidazole rings is 1. The number of nitrogens with zero attached hydrogens (tertiary/aromatic N) is 6. The summed E-state index contributed by atoms with van der Waals surface area (Å²) in [6.45, 7) is 0. The van der Waals surface area contributed by atoms with Crippen molar-refractivity contribution in [2.24, 2.45) is 0 Å². The van der Waals surface area contributed by atoms with Crippen LogP contribution in [0.1, 0.15) is 0 Å². The van der Waals surface area contributed by atoms with Crippen LogP contribution in [0, 0.1) is 0 Å². The van der Waals surface area contributed by atoms with E-state index in [1.54, 1.807) is 0 Å². The second-order valence-corrected chi connectivity index (χ2v) is 13.5. The summed E-state index contributed by atoms with van der Waals surface area (Å²) in [6, 6.07) is 63.2. The van der Waals surface area contributed by atoms with Crippen molar-refractivity contribution in [3.63, 3.8) is 0 Å². The number of hydrogen-bond acceptors (Lipinski definition) is 4. The molecule has 0 N–H and O–H groups in total. The molecule has 0 amide bonds. The largest absolute Gasteiger partial charge is 0.295 e. The molecule has 0 bridgehead atoms. The molecular weight excluding hydrogens is 661 g/mol. The van der Waals surface area contributed by atoms with Crippen LogP contribution < -0.4 is 0 Å². The Labute approximate surface area is 310 Å². The summed E-state index contributed by atoms with van der Waals surface area (Å²) in [5.41, 5.74) is 11.3. The molecule has 0 saturated carbocycles. The van der Waals surface area contributed by atoms with Gasteiger partial charge < -0.3 is 0 Å². The zero-order valence-corrected chi connectivity index (χ0v) is 29.0. The summed E-state index contributed by atoms with van der Waals surface area (Å²) in [4.78, 5) is 20.1. The predicted octanol–water partition coefficient (Wildman–Crippen LogP) is 11.6. The van der Waals surface area contributed by atoms with E-state index in [4.69, 9.17) is 19.9 Å². The van der Waals surface area contributed by atoms with E-state index < -0.39 is 0 Å². The number of hydrogen-bond donors (Lipinski definition) is 0. The number of fused-ring (bicyclic) bond motifs is 10. The van der Waals surface area contributed by atoms with Crippen molar-refractivity contribution < 1.29 is 0 Å². The standard InChI is InChI=1S/C48H30N6/c1-3-15-31(16-4-1)44-50-45(32-17-5-2-6-18-32)52-46(51-44)35-21-13-19-33(29-35)34-20-14-22-36(30-34)53-41-27-11-9-25-39(41)43-37-23-7-8-24-38(37)47-49-40-26-10-12-28-42(40)54(47)48(43)53/h1-30H. The van der Waals surface area contributed by atoms with Crippen molar-refractivity contribution in [2.75, 3.05) is 0 Å². The van der Waals surface area contributed by atoms with Crippen LogP contribution in [0.15, 0.2) is 182 Å².